The molecule has 2 aromatic carbocycles. The van der Waals surface area contributed by atoms with Crippen LogP contribution < -0.4 is 9.47 Å². The highest BCUT2D eigenvalue weighted by molar-refractivity contribution is 6.01. The summed E-state index contributed by atoms with van der Waals surface area (Å²) in [6.07, 6.45) is 0.448. The lowest BCUT2D eigenvalue weighted by Gasteiger charge is -2.21. The smallest absolute Gasteiger partial charge is 0.188 e. The number of rotatable bonds is 11. The molecule has 0 unspecified atom stereocenters. The second-order valence-electron chi connectivity index (χ2n) is 6.05. The third kappa shape index (κ3) is 5.22. The van der Waals surface area contributed by atoms with E-state index in [0.29, 0.717) is 46.8 Å². The summed E-state index contributed by atoms with van der Waals surface area (Å²) < 4.78 is 26.7. The largest absolute Gasteiger partial charge is 0.508 e. The van der Waals surface area contributed by atoms with Crippen molar-refractivity contribution < 1.29 is 33.6 Å². The molecule has 2 aromatic rings. The van der Waals surface area contributed by atoms with Crippen LogP contribution in [0.5, 0.6) is 17.2 Å². The molecule has 0 spiro atoms. The molecule has 0 aliphatic carbocycles. The van der Waals surface area contributed by atoms with Crippen molar-refractivity contribution in [1.82, 2.24) is 0 Å². The highest BCUT2D eigenvalue weighted by Gasteiger charge is 2.24. The van der Waals surface area contributed by atoms with Gasteiger partial charge in [0.1, 0.15) is 17.2 Å². The first-order valence-corrected chi connectivity index (χ1v) is 8.76. The Morgan fingerprint density at radius 1 is 0.964 bits per heavy atom. The number of benzene rings is 2. The van der Waals surface area contributed by atoms with Gasteiger partial charge in [0, 0.05) is 33.0 Å². The first-order chi connectivity index (χ1) is 13.5. The Hall–Kier alpha value is -2.61. The highest BCUT2D eigenvalue weighted by atomic mass is 16.7. The average Bonchev–Trinajstić information content (AvgIpc) is 2.68. The second kappa shape index (κ2) is 10.7. The van der Waals surface area contributed by atoms with E-state index in [2.05, 4.69) is 0 Å². The molecule has 0 saturated carbocycles. The Morgan fingerprint density at radius 3 is 2.21 bits per heavy atom. The van der Waals surface area contributed by atoms with E-state index < -0.39 is 0 Å². The zero-order valence-electron chi connectivity index (χ0n) is 16.6. The van der Waals surface area contributed by atoms with E-state index in [4.69, 9.17) is 23.7 Å². The third-order valence-electron chi connectivity index (χ3n) is 4.07. The molecule has 0 atom stereocenters. The molecule has 152 valence electrons. The Balaban J connectivity index is 2.78. The molecular weight excluding hydrogens is 364 g/mol. The summed E-state index contributed by atoms with van der Waals surface area (Å²) >= 11 is 0. The minimum atomic E-state index is -0.156. The maximum absolute atomic E-state index is 12.5. The molecule has 0 heterocycles. The molecule has 0 aliphatic heterocycles. The number of phenols is 1. The van der Waals surface area contributed by atoms with Gasteiger partial charge in [0.15, 0.2) is 19.4 Å². The minimum Gasteiger partial charge on any atom is -0.508 e. The highest BCUT2D eigenvalue weighted by Crippen LogP contribution is 2.42. The quantitative estimate of drug-likeness (QED) is 0.465. The van der Waals surface area contributed by atoms with Gasteiger partial charge in [-0.05, 0) is 36.6 Å². The summed E-state index contributed by atoms with van der Waals surface area (Å²) in [4.78, 5) is 12.5. The fourth-order valence-electron chi connectivity index (χ4n) is 2.98. The van der Waals surface area contributed by atoms with Gasteiger partial charge >= 0.3 is 0 Å². The van der Waals surface area contributed by atoms with E-state index in [-0.39, 0.29) is 25.1 Å². The molecule has 7 heteroatoms. The fourth-order valence-corrected chi connectivity index (χ4v) is 2.98. The zero-order valence-corrected chi connectivity index (χ0v) is 16.6. The monoisotopic (exact) mass is 390 g/mol. The molecule has 2 rings (SSSR count). The maximum atomic E-state index is 12.5. The normalized spacial score (nSPS) is 10.7. The Kier molecular flexibility index (Phi) is 8.25. The molecule has 28 heavy (non-hydrogen) atoms. The van der Waals surface area contributed by atoms with Crippen molar-refractivity contribution in [2.24, 2.45) is 0 Å². The minimum absolute atomic E-state index is 0.0126. The number of aromatic hydroxyl groups is 1. The van der Waals surface area contributed by atoms with E-state index in [1.54, 1.807) is 31.4 Å². The van der Waals surface area contributed by atoms with Crippen LogP contribution in [0.1, 0.15) is 22.8 Å². The number of hydrogen-bond acceptors (Lipinski definition) is 7. The Bertz CT molecular complexity index is 802. The number of phenolic OH excluding ortho intramolecular Hbond substituents is 1. The number of carbonyl (C=O) groups excluding carboxylic acids is 1. The van der Waals surface area contributed by atoms with Gasteiger partial charge in [-0.3, -0.25) is 4.79 Å². The van der Waals surface area contributed by atoms with Crippen LogP contribution in [0.2, 0.25) is 0 Å². The number of methoxy groups -OCH3 is 3. The van der Waals surface area contributed by atoms with Gasteiger partial charge in [-0.25, -0.2) is 0 Å². The summed E-state index contributed by atoms with van der Waals surface area (Å²) in [7, 11) is 4.61. The third-order valence-corrected chi connectivity index (χ3v) is 4.07. The van der Waals surface area contributed by atoms with E-state index >= 15 is 0 Å². The Morgan fingerprint density at radius 2 is 1.64 bits per heavy atom. The van der Waals surface area contributed by atoms with E-state index in [0.717, 1.165) is 0 Å². The van der Waals surface area contributed by atoms with Gasteiger partial charge in [0.25, 0.3) is 0 Å². The summed E-state index contributed by atoms with van der Waals surface area (Å²) in [5, 5.41) is 9.96. The van der Waals surface area contributed by atoms with Gasteiger partial charge in [-0.1, -0.05) is 12.1 Å². The van der Waals surface area contributed by atoms with E-state index in [1.165, 1.54) is 21.1 Å². The maximum Gasteiger partial charge on any atom is 0.188 e. The predicted octanol–water partition coefficient (Wildman–Crippen LogP) is 3.42. The van der Waals surface area contributed by atoms with Crippen LogP contribution in [0.15, 0.2) is 30.3 Å². The number of Topliss-reactive ketones (excluding diaryl/α,β-unsaturated/α-hetero) is 1. The molecule has 0 amide bonds. The van der Waals surface area contributed by atoms with Gasteiger partial charge in [0.05, 0.1) is 12.2 Å². The van der Waals surface area contributed by atoms with Crippen LogP contribution in [0, 0.1) is 0 Å². The van der Waals surface area contributed by atoms with E-state index in [9.17, 15) is 9.90 Å². The van der Waals surface area contributed by atoms with Crippen molar-refractivity contribution in [1.29, 1.82) is 0 Å². The van der Waals surface area contributed by atoms with Gasteiger partial charge in [0.2, 0.25) is 0 Å². The second-order valence-corrected chi connectivity index (χ2v) is 6.05. The van der Waals surface area contributed by atoms with Crippen molar-refractivity contribution in [3.8, 4) is 28.4 Å². The SMILES string of the molecule is COCCc1c(C(C)=O)c(OCOC)cc(OCOC)c1-c1cccc(O)c1. The topological polar surface area (TPSA) is 83.5 Å². The molecule has 0 saturated heterocycles. The molecule has 0 aromatic heterocycles. The average molecular weight is 390 g/mol. The lowest BCUT2D eigenvalue weighted by atomic mass is 9.90. The van der Waals surface area contributed by atoms with E-state index in [1.807, 2.05) is 6.07 Å². The molecule has 0 radical (unpaired) electrons. The Labute approximate surface area is 164 Å². The zero-order chi connectivity index (χ0) is 20.5. The molecule has 0 aliphatic rings. The van der Waals surface area contributed by atoms with Crippen molar-refractivity contribution in [3.63, 3.8) is 0 Å². The van der Waals surface area contributed by atoms with Crippen molar-refractivity contribution in [3.05, 3.63) is 41.5 Å². The van der Waals surface area contributed by atoms with Gasteiger partial charge < -0.3 is 28.8 Å². The molecule has 7 nitrogen and oxygen atoms in total. The standard InChI is InChI=1S/C21H26O7/c1-14(22)20-17(8-9-24-2)21(15-6-5-7-16(23)10-15)19(28-13-26-4)11-18(20)27-12-25-3/h5-7,10-11,23H,8-9,12-13H2,1-4H3. The van der Waals surface area contributed by atoms with Gasteiger partial charge in [-0.2, -0.15) is 0 Å². The molecule has 0 fully saturated rings. The van der Waals surface area contributed by atoms with Crippen LogP contribution in [0.4, 0.5) is 0 Å². The number of hydrogen-bond donors (Lipinski definition) is 1. The summed E-state index contributed by atoms with van der Waals surface area (Å²) in [6.45, 7) is 1.87. The first kappa shape index (κ1) is 21.7. The summed E-state index contributed by atoms with van der Waals surface area (Å²) in [5.74, 6) is 0.777. The lowest BCUT2D eigenvalue weighted by molar-refractivity contribution is 0.0457. The molecular formula is C21H26O7. The van der Waals surface area contributed by atoms with Crippen LogP contribution in [-0.4, -0.2) is 52.4 Å². The van der Waals surface area contributed by atoms with Crippen LogP contribution >= 0.6 is 0 Å². The number of ketones is 1. The fraction of sp³-hybridized carbons (Fsp3) is 0.381. The lowest BCUT2D eigenvalue weighted by Crippen LogP contribution is -2.12. The van der Waals surface area contributed by atoms with Crippen LogP contribution in [-0.2, 0) is 20.6 Å². The summed E-state index contributed by atoms with van der Waals surface area (Å²) in [6, 6.07) is 8.41. The van der Waals surface area contributed by atoms with Crippen molar-refractivity contribution in [2.75, 3.05) is 41.5 Å². The number of ether oxygens (including phenoxy) is 5. The van der Waals surface area contributed by atoms with Crippen LogP contribution in [0.3, 0.4) is 0 Å². The molecule has 1 N–H and O–H groups in total. The number of carbonyl (C=O) groups is 1. The van der Waals surface area contributed by atoms with Crippen LogP contribution in [0.25, 0.3) is 11.1 Å². The van der Waals surface area contributed by atoms with Gasteiger partial charge in [-0.15, -0.1) is 0 Å². The van der Waals surface area contributed by atoms with Crippen molar-refractivity contribution in [2.45, 2.75) is 13.3 Å². The summed E-state index contributed by atoms with van der Waals surface area (Å²) in [5.41, 5.74) is 2.52. The molecule has 0 bridgehead atoms. The van der Waals surface area contributed by atoms with Crippen molar-refractivity contribution >= 4 is 5.78 Å². The first-order valence-electron chi connectivity index (χ1n) is 8.76. The predicted molar refractivity (Wildman–Crippen MR) is 104 cm³/mol.